The number of hydrogen-bond acceptors (Lipinski definition) is 3. The number of amides is 1. The Hall–Kier alpha value is -1.83. The van der Waals surface area contributed by atoms with Crippen molar-refractivity contribution in [2.45, 2.75) is 26.8 Å². The van der Waals surface area contributed by atoms with Gasteiger partial charge in [0.25, 0.3) is 5.91 Å². The van der Waals surface area contributed by atoms with E-state index >= 15 is 0 Å². The third kappa shape index (κ3) is 5.43. The zero-order valence-electron chi connectivity index (χ0n) is 12.2. The van der Waals surface area contributed by atoms with Crippen molar-refractivity contribution < 1.29 is 14.6 Å². The van der Waals surface area contributed by atoms with Crippen LogP contribution in [0.1, 0.15) is 35.3 Å². The average molecular weight is 275 g/mol. The summed E-state index contributed by atoms with van der Waals surface area (Å²) < 4.78 is 5.27. The molecule has 0 spiro atoms. The lowest BCUT2D eigenvalue weighted by molar-refractivity contribution is 0.0872. The number of aliphatic hydroxyl groups excluding tert-OH is 1. The highest BCUT2D eigenvalue weighted by molar-refractivity contribution is 5.95. The zero-order valence-corrected chi connectivity index (χ0v) is 12.2. The van der Waals surface area contributed by atoms with E-state index < -0.39 is 0 Å². The van der Waals surface area contributed by atoms with Gasteiger partial charge in [0.05, 0.1) is 6.61 Å². The molecule has 4 heteroatoms. The molecular weight excluding hydrogens is 254 g/mol. The van der Waals surface area contributed by atoms with Gasteiger partial charge in [0.1, 0.15) is 6.61 Å². The quantitative estimate of drug-likeness (QED) is 0.801. The fourth-order valence-corrected chi connectivity index (χ4v) is 1.77. The fourth-order valence-electron chi connectivity index (χ4n) is 1.77. The van der Waals surface area contributed by atoms with Gasteiger partial charge in [-0.25, -0.2) is 0 Å². The number of benzene rings is 1. The van der Waals surface area contributed by atoms with Crippen molar-refractivity contribution in [3.05, 3.63) is 34.9 Å². The van der Waals surface area contributed by atoms with Gasteiger partial charge in [0, 0.05) is 23.8 Å². The molecular formula is C16H21NO3. The number of aryl methyl sites for hydroxylation is 1. The van der Waals surface area contributed by atoms with Crippen molar-refractivity contribution in [1.29, 1.82) is 0 Å². The highest BCUT2D eigenvalue weighted by Gasteiger charge is 2.10. The molecule has 1 unspecified atom stereocenters. The molecule has 1 amide bonds. The Morgan fingerprint density at radius 3 is 2.85 bits per heavy atom. The lowest BCUT2D eigenvalue weighted by Gasteiger charge is -2.14. The van der Waals surface area contributed by atoms with Gasteiger partial charge >= 0.3 is 0 Å². The normalized spacial score (nSPS) is 11.4. The second-order valence-corrected chi connectivity index (χ2v) is 4.58. The number of rotatable bonds is 5. The number of carbonyl (C=O) groups excluding carboxylic acids is 1. The molecule has 4 nitrogen and oxygen atoms in total. The summed E-state index contributed by atoms with van der Waals surface area (Å²) in [4.78, 5) is 12.1. The van der Waals surface area contributed by atoms with Crippen LogP contribution >= 0.6 is 0 Å². The SMILES string of the molecule is CCOCC(C)NC(=O)c1cc(C)cc(C#CCO)c1. The second kappa shape index (κ2) is 8.36. The molecule has 0 bridgehead atoms. The molecule has 0 radical (unpaired) electrons. The second-order valence-electron chi connectivity index (χ2n) is 4.58. The monoisotopic (exact) mass is 275 g/mol. The minimum absolute atomic E-state index is 0.0464. The van der Waals surface area contributed by atoms with Gasteiger partial charge in [-0.2, -0.15) is 0 Å². The van der Waals surface area contributed by atoms with Crippen molar-refractivity contribution in [1.82, 2.24) is 5.32 Å². The van der Waals surface area contributed by atoms with E-state index in [0.29, 0.717) is 18.8 Å². The minimum atomic E-state index is -0.194. The van der Waals surface area contributed by atoms with Crippen LogP contribution < -0.4 is 5.32 Å². The van der Waals surface area contributed by atoms with Crippen LogP contribution in [0.15, 0.2) is 18.2 Å². The lowest BCUT2D eigenvalue weighted by atomic mass is 10.1. The van der Waals surface area contributed by atoms with Crippen molar-refractivity contribution in [3.63, 3.8) is 0 Å². The largest absolute Gasteiger partial charge is 0.384 e. The zero-order chi connectivity index (χ0) is 15.0. The first-order chi connectivity index (χ1) is 9.56. The van der Waals surface area contributed by atoms with Gasteiger partial charge in [-0.1, -0.05) is 11.8 Å². The lowest BCUT2D eigenvalue weighted by Crippen LogP contribution is -2.36. The summed E-state index contributed by atoms with van der Waals surface area (Å²) in [5.74, 6) is 5.25. The topological polar surface area (TPSA) is 58.6 Å². The number of hydrogen-bond donors (Lipinski definition) is 2. The smallest absolute Gasteiger partial charge is 0.251 e. The van der Waals surface area contributed by atoms with Crippen LogP contribution in [0.2, 0.25) is 0 Å². The molecule has 0 aliphatic rings. The number of aliphatic hydroxyl groups is 1. The van der Waals surface area contributed by atoms with E-state index in [0.717, 1.165) is 11.1 Å². The van der Waals surface area contributed by atoms with Crippen LogP contribution in [0.3, 0.4) is 0 Å². The molecule has 1 atom stereocenters. The van der Waals surface area contributed by atoms with Gasteiger partial charge in [-0.3, -0.25) is 4.79 Å². The van der Waals surface area contributed by atoms with Crippen LogP contribution in [0.25, 0.3) is 0 Å². The van der Waals surface area contributed by atoms with Crippen LogP contribution in [0.5, 0.6) is 0 Å². The summed E-state index contributed by atoms with van der Waals surface area (Å²) in [6.07, 6.45) is 0. The Kier molecular flexibility index (Phi) is 6.78. The Morgan fingerprint density at radius 1 is 1.45 bits per heavy atom. The standard InChI is InChI=1S/C16H21NO3/c1-4-20-11-13(3)17-16(19)15-9-12(2)8-14(10-15)6-5-7-18/h8-10,13,18H,4,7,11H2,1-3H3,(H,17,19). The summed E-state index contributed by atoms with van der Waals surface area (Å²) in [5, 5.41) is 11.6. The third-order valence-corrected chi connectivity index (χ3v) is 2.60. The number of ether oxygens (including phenoxy) is 1. The maximum atomic E-state index is 12.1. The molecule has 1 aromatic carbocycles. The predicted molar refractivity (Wildman–Crippen MR) is 78.6 cm³/mol. The molecule has 0 saturated carbocycles. The van der Waals surface area contributed by atoms with E-state index in [-0.39, 0.29) is 18.6 Å². The molecule has 20 heavy (non-hydrogen) atoms. The van der Waals surface area contributed by atoms with Gasteiger partial charge in [0.2, 0.25) is 0 Å². The Labute approximate surface area is 120 Å². The maximum absolute atomic E-state index is 12.1. The minimum Gasteiger partial charge on any atom is -0.384 e. The summed E-state index contributed by atoms with van der Waals surface area (Å²) in [5.41, 5.74) is 2.25. The molecule has 0 aromatic heterocycles. The molecule has 0 heterocycles. The van der Waals surface area contributed by atoms with E-state index in [1.165, 1.54) is 0 Å². The van der Waals surface area contributed by atoms with Gasteiger partial charge in [0.15, 0.2) is 0 Å². The van der Waals surface area contributed by atoms with E-state index in [9.17, 15) is 4.79 Å². The third-order valence-electron chi connectivity index (χ3n) is 2.60. The summed E-state index contributed by atoms with van der Waals surface area (Å²) >= 11 is 0. The molecule has 108 valence electrons. The molecule has 0 fully saturated rings. The molecule has 2 N–H and O–H groups in total. The maximum Gasteiger partial charge on any atom is 0.251 e. The van der Waals surface area contributed by atoms with Gasteiger partial charge in [-0.15, -0.1) is 0 Å². The molecule has 0 saturated heterocycles. The van der Waals surface area contributed by atoms with Crippen LogP contribution in [0, 0.1) is 18.8 Å². The Bertz CT molecular complexity index is 514. The van der Waals surface area contributed by atoms with Crippen molar-refractivity contribution in [2.75, 3.05) is 19.8 Å². The molecule has 1 rings (SSSR count). The summed E-state index contributed by atoms with van der Waals surface area (Å²) in [6, 6.07) is 5.36. The average Bonchev–Trinajstić information content (AvgIpc) is 2.42. The van der Waals surface area contributed by atoms with Crippen molar-refractivity contribution in [2.24, 2.45) is 0 Å². The van der Waals surface area contributed by atoms with Gasteiger partial charge < -0.3 is 15.2 Å². The highest BCUT2D eigenvalue weighted by atomic mass is 16.5. The number of nitrogens with one attached hydrogen (secondary N) is 1. The van der Waals surface area contributed by atoms with E-state index in [4.69, 9.17) is 9.84 Å². The Morgan fingerprint density at radius 2 is 2.20 bits per heavy atom. The molecule has 0 aliphatic heterocycles. The predicted octanol–water partition coefficient (Wildman–Crippen LogP) is 1.49. The first-order valence-electron chi connectivity index (χ1n) is 6.66. The highest BCUT2D eigenvalue weighted by Crippen LogP contribution is 2.09. The van der Waals surface area contributed by atoms with Gasteiger partial charge in [-0.05, 0) is 44.5 Å². The summed E-state index contributed by atoms with van der Waals surface area (Å²) in [7, 11) is 0. The molecule has 1 aromatic rings. The van der Waals surface area contributed by atoms with E-state index in [2.05, 4.69) is 17.2 Å². The van der Waals surface area contributed by atoms with E-state index in [1.807, 2.05) is 32.9 Å². The fraction of sp³-hybridized carbons (Fsp3) is 0.438. The molecule has 0 aliphatic carbocycles. The van der Waals surface area contributed by atoms with Crippen LogP contribution in [-0.4, -0.2) is 36.9 Å². The first kappa shape index (κ1) is 16.2. The number of carbonyl (C=O) groups is 1. The van der Waals surface area contributed by atoms with Crippen LogP contribution in [-0.2, 0) is 4.74 Å². The van der Waals surface area contributed by atoms with Crippen LogP contribution in [0.4, 0.5) is 0 Å². The Balaban J connectivity index is 2.79. The summed E-state index contributed by atoms with van der Waals surface area (Å²) in [6.45, 7) is 6.65. The van der Waals surface area contributed by atoms with E-state index in [1.54, 1.807) is 6.07 Å². The first-order valence-corrected chi connectivity index (χ1v) is 6.66. The van der Waals surface area contributed by atoms with Crippen molar-refractivity contribution >= 4 is 5.91 Å². The van der Waals surface area contributed by atoms with Crippen molar-refractivity contribution in [3.8, 4) is 11.8 Å².